The maximum absolute atomic E-state index is 11.5. The molecule has 112 valence electrons. The zero-order chi connectivity index (χ0) is 15.0. The smallest absolute Gasteiger partial charge is 0.246 e. The third-order valence-corrected chi connectivity index (χ3v) is 4.47. The Labute approximate surface area is 123 Å². The standard InChI is InChI=1S/C13H17N5O2S/c1-17-6-4-14-12(17)9-18-5-3-11-10(8-18)7-15-13(16-11)21(2,19)20/h4,6-7H,3,5,8-9H2,1-2H3. The molecule has 0 spiro atoms. The Kier molecular flexibility index (Phi) is 3.50. The molecule has 0 bridgehead atoms. The molecule has 0 aliphatic carbocycles. The number of aryl methyl sites for hydroxylation is 1. The zero-order valence-corrected chi connectivity index (χ0v) is 12.8. The van der Waals surface area contributed by atoms with Gasteiger partial charge in [0.1, 0.15) is 5.82 Å². The fourth-order valence-electron chi connectivity index (χ4n) is 2.42. The Morgan fingerprint density at radius 2 is 2.14 bits per heavy atom. The molecule has 0 radical (unpaired) electrons. The molecule has 2 aromatic heterocycles. The summed E-state index contributed by atoms with van der Waals surface area (Å²) in [5.41, 5.74) is 1.82. The summed E-state index contributed by atoms with van der Waals surface area (Å²) in [5.74, 6) is 1.01. The van der Waals surface area contributed by atoms with Gasteiger partial charge in [-0.05, 0) is 0 Å². The fraction of sp³-hybridized carbons (Fsp3) is 0.462. The van der Waals surface area contributed by atoms with Gasteiger partial charge in [-0.25, -0.2) is 23.4 Å². The van der Waals surface area contributed by atoms with Crippen molar-refractivity contribution in [1.82, 2.24) is 24.4 Å². The molecule has 21 heavy (non-hydrogen) atoms. The number of sulfone groups is 1. The van der Waals surface area contributed by atoms with Crippen molar-refractivity contribution >= 4 is 9.84 Å². The lowest BCUT2D eigenvalue weighted by Gasteiger charge is -2.27. The first-order valence-electron chi connectivity index (χ1n) is 6.67. The third kappa shape index (κ3) is 2.96. The van der Waals surface area contributed by atoms with E-state index in [-0.39, 0.29) is 5.16 Å². The lowest BCUT2D eigenvalue weighted by molar-refractivity contribution is 0.234. The van der Waals surface area contributed by atoms with Crippen LogP contribution in [-0.4, -0.2) is 45.6 Å². The summed E-state index contributed by atoms with van der Waals surface area (Å²) in [7, 11) is -1.37. The second kappa shape index (κ2) is 5.19. The number of fused-ring (bicyclic) bond motifs is 1. The summed E-state index contributed by atoms with van der Waals surface area (Å²) in [6.45, 7) is 2.31. The maximum Gasteiger partial charge on any atom is 0.246 e. The molecule has 7 nitrogen and oxygen atoms in total. The second-order valence-corrected chi connectivity index (χ2v) is 7.22. The minimum Gasteiger partial charge on any atom is -0.337 e. The first kappa shape index (κ1) is 14.2. The van der Waals surface area contributed by atoms with Crippen molar-refractivity contribution in [3.05, 3.63) is 35.7 Å². The van der Waals surface area contributed by atoms with Gasteiger partial charge in [0.15, 0.2) is 0 Å². The highest BCUT2D eigenvalue weighted by Gasteiger charge is 2.21. The van der Waals surface area contributed by atoms with Crippen LogP contribution >= 0.6 is 0 Å². The summed E-state index contributed by atoms with van der Waals surface area (Å²) in [4.78, 5) is 14.7. The second-order valence-electron chi connectivity index (χ2n) is 5.31. The number of rotatable bonds is 3. The average molecular weight is 307 g/mol. The van der Waals surface area contributed by atoms with Gasteiger partial charge in [0.05, 0.1) is 12.2 Å². The van der Waals surface area contributed by atoms with Crippen LogP contribution in [-0.2, 0) is 36.4 Å². The molecule has 1 aliphatic rings. The van der Waals surface area contributed by atoms with Crippen LogP contribution in [0.1, 0.15) is 17.1 Å². The van der Waals surface area contributed by atoms with Crippen LogP contribution in [0.15, 0.2) is 23.7 Å². The van der Waals surface area contributed by atoms with Crippen molar-refractivity contribution in [3.8, 4) is 0 Å². The highest BCUT2D eigenvalue weighted by molar-refractivity contribution is 7.90. The predicted octanol–water partition coefficient (Wildman–Crippen LogP) is 0.172. The molecule has 0 N–H and O–H groups in total. The van der Waals surface area contributed by atoms with Gasteiger partial charge in [0.25, 0.3) is 0 Å². The Balaban J connectivity index is 1.79. The minimum absolute atomic E-state index is 0.0844. The highest BCUT2D eigenvalue weighted by atomic mass is 32.2. The molecule has 2 aromatic rings. The molecule has 8 heteroatoms. The minimum atomic E-state index is -3.35. The average Bonchev–Trinajstić information content (AvgIpc) is 2.82. The molecular formula is C13H17N5O2S. The Morgan fingerprint density at radius 1 is 1.33 bits per heavy atom. The van der Waals surface area contributed by atoms with Crippen molar-refractivity contribution in [2.24, 2.45) is 7.05 Å². The zero-order valence-electron chi connectivity index (χ0n) is 12.0. The first-order chi connectivity index (χ1) is 9.93. The van der Waals surface area contributed by atoms with Crippen LogP contribution < -0.4 is 0 Å². The van der Waals surface area contributed by atoms with E-state index in [9.17, 15) is 8.42 Å². The van der Waals surface area contributed by atoms with E-state index in [1.807, 2.05) is 17.8 Å². The molecule has 1 aliphatic heterocycles. The van der Waals surface area contributed by atoms with E-state index in [1.165, 1.54) is 0 Å². The van der Waals surface area contributed by atoms with Gasteiger partial charge >= 0.3 is 0 Å². The van der Waals surface area contributed by atoms with E-state index in [0.29, 0.717) is 6.54 Å². The molecule has 3 heterocycles. The Morgan fingerprint density at radius 3 is 2.81 bits per heavy atom. The number of nitrogens with zero attached hydrogens (tertiary/aromatic N) is 5. The predicted molar refractivity (Wildman–Crippen MR) is 76.2 cm³/mol. The number of aromatic nitrogens is 4. The van der Waals surface area contributed by atoms with E-state index in [2.05, 4.69) is 19.9 Å². The van der Waals surface area contributed by atoms with Crippen LogP contribution in [0, 0.1) is 0 Å². The van der Waals surface area contributed by atoms with Gasteiger partial charge in [-0.15, -0.1) is 0 Å². The summed E-state index contributed by atoms with van der Waals surface area (Å²) < 4.78 is 25.0. The molecule has 0 amide bonds. The van der Waals surface area contributed by atoms with Crippen molar-refractivity contribution in [3.63, 3.8) is 0 Å². The summed E-state index contributed by atoms with van der Waals surface area (Å²) in [6.07, 6.45) is 7.20. The van der Waals surface area contributed by atoms with Crippen LogP contribution in [0.5, 0.6) is 0 Å². The van der Waals surface area contributed by atoms with Gasteiger partial charge in [0, 0.05) is 57.0 Å². The van der Waals surface area contributed by atoms with E-state index >= 15 is 0 Å². The maximum atomic E-state index is 11.5. The van der Waals surface area contributed by atoms with E-state index in [4.69, 9.17) is 0 Å². The van der Waals surface area contributed by atoms with E-state index < -0.39 is 9.84 Å². The van der Waals surface area contributed by atoms with Gasteiger partial charge in [-0.2, -0.15) is 0 Å². The van der Waals surface area contributed by atoms with E-state index in [1.54, 1.807) is 12.4 Å². The fourth-order valence-corrected chi connectivity index (χ4v) is 2.94. The molecule has 0 atom stereocenters. The molecule has 0 unspecified atom stereocenters. The Bertz CT molecular complexity index is 769. The number of hydrogen-bond acceptors (Lipinski definition) is 6. The lowest BCUT2D eigenvalue weighted by Crippen LogP contribution is -2.32. The largest absolute Gasteiger partial charge is 0.337 e. The lowest BCUT2D eigenvalue weighted by atomic mass is 10.1. The summed E-state index contributed by atoms with van der Waals surface area (Å²) in [5, 5.41) is -0.0844. The topological polar surface area (TPSA) is 81.0 Å². The SMILES string of the molecule is Cn1ccnc1CN1CCc2nc(S(C)(=O)=O)ncc2C1. The Hall–Kier alpha value is -1.80. The van der Waals surface area contributed by atoms with Crippen molar-refractivity contribution in [2.75, 3.05) is 12.8 Å². The van der Waals surface area contributed by atoms with Gasteiger partial charge in [0.2, 0.25) is 15.0 Å². The van der Waals surface area contributed by atoms with Crippen molar-refractivity contribution in [2.45, 2.75) is 24.7 Å². The quantitative estimate of drug-likeness (QED) is 0.752. The van der Waals surface area contributed by atoms with E-state index in [0.717, 1.165) is 42.8 Å². The third-order valence-electron chi connectivity index (χ3n) is 3.61. The van der Waals surface area contributed by atoms with Crippen molar-refractivity contribution in [1.29, 1.82) is 0 Å². The number of imidazole rings is 1. The first-order valence-corrected chi connectivity index (χ1v) is 8.56. The molecule has 0 fully saturated rings. The monoisotopic (exact) mass is 307 g/mol. The summed E-state index contributed by atoms with van der Waals surface area (Å²) in [6, 6.07) is 0. The molecule has 3 rings (SSSR count). The molecule has 0 saturated heterocycles. The van der Waals surface area contributed by atoms with Crippen LogP contribution in [0.25, 0.3) is 0 Å². The normalized spacial score (nSPS) is 15.9. The van der Waals surface area contributed by atoms with Gasteiger partial charge in [-0.1, -0.05) is 0 Å². The highest BCUT2D eigenvalue weighted by Crippen LogP contribution is 2.19. The van der Waals surface area contributed by atoms with Crippen molar-refractivity contribution < 1.29 is 8.42 Å². The number of hydrogen-bond donors (Lipinski definition) is 0. The molecule has 0 aromatic carbocycles. The van der Waals surface area contributed by atoms with Crippen LogP contribution in [0.4, 0.5) is 0 Å². The molecule has 0 saturated carbocycles. The van der Waals surface area contributed by atoms with Crippen LogP contribution in [0.2, 0.25) is 0 Å². The van der Waals surface area contributed by atoms with Crippen LogP contribution in [0.3, 0.4) is 0 Å². The summed E-state index contributed by atoms with van der Waals surface area (Å²) >= 11 is 0. The van der Waals surface area contributed by atoms with Gasteiger partial charge in [-0.3, -0.25) is 4.90 Å². The molecular weight excluding hydrogens is 290 g/mol. The van der Waals surface area contributed by atoms with Gasteiger partial charge < -0.3 is 4.57 Å².